The molecule has 20 heavy (non-hydrogen) atoms. The van der Waals surface area contributed by atoms with Crippen molar-refractivity contribution in [3.8, 4) is 5.75 Å². The quantitative estimate of drug-likeness (QED) is 0.894. The highest BCUT2D eigenvalue weighted by Gasteiger charge is 2.16. The largest absolute Gasteiger partial charge is 0.484 e. The molecule has 0 spiro atoms. The number of hydrogen-bond donors (Lipinski definition) is 1. The van der Waals surface area contributed by atoms with E-state index in [1.165, 1.54) is 12.0 Å². The maximum absolute atomic E-state index is 12.0. The van der Waals surface area contributed by atoms with Crippen molar-refractivity contribution in [1.82, 2.24) is 4.90 Å². The van der Waals surface area contributed by atoms with E-state index < -0.39 is 0 Å². The number of amides is 1. The van der Waals surface area contributed by atoms with Crippen molar-refractivity contribution in [1.29, 1.82) is 0 Å². The van der Waals surface area contributed by atoms with E-state index >= 15 is 0 Å². The summed E-state index contributed by atoms with van der Waals surface area (Å²) in [6, 6.07) is 7.97. The zero-order chi connectivity index (χ0) is 14.4. The Morgan fingerprint density at radius 1 is 1.25 bits per heavy atom. The Morgan fingerprint density at radius 3 is 2.50 bits per heavy atom. The van der Waals surface area contributed by atoms with Gasteiger partial charge in [0.1, 0.15) is 5.75 Å². The number of ether oxygens (including phenoxy) is 1. The van der Waals surface area contributed by atoms with Crippen molar-refractivity contribution in [2.75, 3.05) is 19.7 Å². The molecule has 1 aliphatic heterocycles. The van der Waals surface area contributed by atoms with Gasteiger partial charge in [0.15, 0.2) is 6.61 Å². The number of hydrogen-bond acceptors (Lipinski definition) is 3. The lowest BCUT2D eigenvalue weighted by Crippen LogP contribution is -2.38. The molecular weight excluding hydrogens is 252 g/mol. The van der Waals surface area contributed by atoms with Crippen LogP contribution in [-0.4, -0.2) is 36.5 Å². The van der Waals surface area contributed by atoms with Crippen LogP contribution in [0, 0.1) is 0 Å². The van der Waals surface area contributed by atoms with Crippen LogP contribution < -0.4 is 10.5 Å². The van der Waals surface area contributed by atoms with E-state index in [-0.39, 0.29) is 18.6 Å². The fourth-order valence-corrected chi connectivity index (χ4v) is 2.47. The number of piperidine rings is 1. The van der Waals surface area contributed by atoms with Gasteiger partial charge in [0.2, 0.25) is 0 Å². The second kappa shape index (κ2) is 7.29. The van der Waals surface area contributed by atoms with Gasteiger partial charge in [0.05, 0.1) is 0 Å². The normalized spacial score (nSPS) is 16.8. The van der Waals surface area contributed by atoms with Crippen LogP contribution in [0.15, 0.2) is 24.3 Å². The average molecular weight is 276 g/mol. The summed E-state index contributed by atoms with van der Waals surface area (Å²) in [6.45, 7) is 3.86. The molecule has 0 radical (unpaired) electrons. The van der Waals surface area contributed by atoms with Gasteiger partial charge in [0.25, 0.3) is 5.91 Å². The zero-order valence-corrected chi connectivity index (χ0v) is 12.2. The molecule has 2 rings (SSSR count). The SMILES string of the molecule is CC(N)Cc1ccc(OCC(=O)N2CCCCC2)cc1. The minimum absolute atomic E-state index is 0.0874. The highest BCUT2D eigenvalue weighted by Crippen LogP contribution is 2.14. The van der Waals surface area contributed by atoms with Crippen LogP contribution in [-0.2, 0) is 11.2 Å². The van der Waals surface area contributed by atoms with E-state index in [9.17, 15) is 4.79 Å². The average Bonchev–Trinajstić information content (AvgIpc) is 2.46. The first-order valence-electron chi connectivity index (χ1n) is 7.40. The van der Waals surface area contributed by atoms with Gasteiger partial charge in [-0.05, 0) is 50.3 Å². The Labute approximate surface area is 120 Å². The number of rotatable bonds is 5. The molecule has 1 fully saturated rings. The van der Waals surface area contributed by atoms with E-state index in [1.807, 2.05) is 36.1 Å². The van der Waals surface area contributed by atoms with Crippen LogP contribution >= 0.6 is 0 Å². The predicted molar refractivity (Wildman–Crippen MR) is 79.7 cm³/mol. The number of carbonyl (C=O) groups is 1. The molecular formula is C16H24N2O2. The second-order valence-corrected chi connectivity index (χ2v) is 5.56. The molecule has 1 amide bonds. The topological polar surface area (TPSA) is 55.6 Å². The van der Waals surface area contributed by atoms with Crippen LogP contribution in [0.2, 0.25) is 0 Å². The lowest BCUT2D eigenvalue weighted by molar-refractivity contribution is -0.134. The summed E-state index contributed by atoms with van der Waals surface area (Å²) in [5.41, 5.74) is 6.95. The molecule has 1 aromatic carbocycles. The minimum Gasteiger partial charge on any atom is -0.484 e. The van der Waals surface area contributed by atoms with Crippen molar-refractivity contribution in [3.05, 3.63) is 29.8 Å². The third-order valence-corrected chi connectivity index (χ3v) is 3.55. The van der Waals surface area contributed by atoms with Gasteiger partial charge < -0.3 is 15.4 Å². The molecule has 4 heteroatoms. The first-order valence-corrected chi connectivity index (χ1v) is 7.40. The van der Waals surface area contributed by atoms with Crippen molar-refractivity contribution < 1.29 is 9.53 Å². The van der Waals surface area contributed by atoms with Crippen molar-refractivity contribution >= 4 is 5.91 Å². The van der Waals surface area contributed by atoms with Crippen molar-refractivity contribution in [2.45, 2.75) is 38.6 Å². The van der Waals surface area contributed by atoms with Crippen LogP contribution in [0.25, 0.3) is 0 Å². The summed E-state index contributed by atoms with van der Waals surface area (Å²) in [7, 11) is 0. The molecule has 1 atom stereocenters. The molecule has 1 aliphatic rings. The van der Waals surface area contributed by atoms with E-state index in [4.69, 9.17) is 10.5 Å². The van der Waals surface area contributed by atoms with Crippen LogP contribution in [0.1, 0.15) is 31.7 Å². The first kappa shape index (κ1) is 14.9. The number of benzene rings is 1. The fourth-order valence-electron chi connectivity index (χ4n) is 2.47. The second-order valence-electron chi connectivity index (χ2n) is 5.56. The Morgan fingerprint density at radius 2 is 1.90 bits per heavy atom. The molecule has 110 valence electrons. The maximum atomic E-state index is 12.0. The van der Waals surface area contributed by atoms with Crippen LogP contribution in [0.5, 0.6) is 5.75 Å². The van der Waals surface area contributed by atoms with Gasteiger partial charge in [-0.3, -0.25) is 4.79 Å². The summed E-state index contributed by atoms with van der Waals surface area (Å²) in [4.78, 5) is 13.9. The van der Waals surface area contributed by atoms with Gasteiger partial charge in [0, 0.05) is 19.1 Å². The fraction of sp³-hybridized carbons (Fsp3) is 0.562. The Hall–Kier alpha value is -1.55. The van der Waals surface area contributed by atoms with Gasteiger partial charge in [-0.2, -0.15) is 0 Å². The maximum Gasteiger partial charge on any atom is 0.260 e. The summed E-state index contributed by atoms with van der Waals surface area (Å²) in [6.07, 6.45) is 4.30. The smallest absolute Gasteiger partial charge is 0.260 e. The van der Waals surface area contributed by atoms with E-state index in [2.05, 4.69) is 0 Å². The molecule has 0 aliphatic carbocycles. The Balaban J connectivity index is 1.79. The first-order chi connectivity index (χ1) is 9.65. The third-order valence-electron chi connectivity index (χ3n) is 3.55. The van der Waals surface area contributed by atoms with E-state index in [0.29, 0.717) is 0 Å². The van der Waals surface area contributed by atoms with Crippen LogP contribution in [0.3, 0.4) is 0 Å². The summed E-state index contributed by atoms with van der Waals surface area (Å²) in [5, 5.41) is 0. The Kier molecular flexibility index (Phi) is 5.41. The zero-order valence-electron chi connectivity index (χ0n) is 12.2. The highest BCUT2D eigenvalue weighted by molar-refractivity contribution is 5.77. The number of carbonyl (C=O) groups excluding carboxylic acids is 1. The lowest BCUT2D eigenvalue weighted by Gasteiger charge is -2.26. The monoisotopic (exact) mass is 276 g/mol. The molecule has 0 saturated carbocycles. The number of nitrogens with zero attached hydrogens (tertiary/aromatic N) is 1. The Bertz CT molecular complexity index is 423. The lowest BCUT2D eigenvalue weighted by atomic mass is 10.1. The molecule has 1 heterocycles. The third kappa shape index (κ3) is 4.53. The standard InChI is InChI=1S/C16H24N2O2/c1-13(17)11-14-5-7-15(8-6-14)20-12-16(19)18-9-3-2-4-10-18/h5-8,13H,2-4,9-12,17H2,1H3. The van der Waals surface area contributed by atoms with Crippen molar-refractivity contribution in [2.24, 2.45) is 5.73 Å². The number of likely N-dealkylation sites (tertiary alicyclic amines) is 1. The summed E-state index contributed by atoms with van der Waals surface area (Å²) >= 11 is 0. The van der Waals surface area contributed by atoms with Crippen molar-refractivity contribution in [3.63, 3.8) is 0 Å². The van der Waals surface area contributed by atoms with Gasteiger partial charge in [-0.25, -0.2) is 0 Å². The molecule has 1 saturated heterocycles. The summed E-state index contributed by atoms with van der Waals surface area (Å²) in [5.74, 6) is 0.827. The van der Waals surface area contributed by atoms with Crippen LogP contribution in [0.4, 0.5) is 0 Å². The van der Waals surface area contributed by atoms with Gasteiger partial charge in [-0.1, -0.05) is 12.1 Å². The molecule has 0 bridgehead atoms. The highest BCUT2D eigenvalue weighted by atomic mass is 16.5. The van der Waals surface area contributed by atoms with Gasteiger partial charge >= 0.3 is 0 Å². The predicted octanol–water partition coefficient (Wildman–Crippen LogP) is 1.97. The molecule has 1 aromatic rings. The number of nitrogens with two attached hydrogens (primary N) is 1. The molecule has 2 N–H and O–H groups in total. The van der Waals surface area contributed by atoms with E-state index in [1.54, 1.807) is 0 Å². The molecule has 4 nitrogen and oxygen atoms in total. The molecule has 0 aromatic heterocycles. The van der Waals surface area contributed by atoms with E-state index in [0.717, 1.165) is 38.1 Å². The van der Waals surface area contributed by atoms with Gasteiger partial charge in [-0.15, -0.1) is 0 Å². The molecule has 1 unspecified atom stereocenters. The summed E-state index contributed by atoms with van der Waals surface area (Å²) < 4.78 is 5.56. The minimum atomic E-state index is 0.0874.